The van der Waals surface area contributed by atoms with E-state index in [9.17, 15) is 4.79 Å². The monoisotopic (exact) mass is 504 g/mol. The summed E-state index contributed by atoms with van der Waals surface area (Å²) in [6.07, 6.45) is 6.40. The van der Waals surface area contributed by atoms with Gasteiger partial charge < -0.3 is 9.84 Å². The number of carbonyl (C=O) groups excluding carboxylic acids is 1. The summed E-state index contributed by atoms with van der Waals surface area (Å²) < 4.78 is 22.8. The van der Waals surface area contributed by atoms with Gasteiger partial charge in [-0.2, -0.15) is 15.1 Å². The number of ketones is 1. The highest BCUT2D eigenvalue weighted by Crippen LogP contribution is 2.37. The number of hydrogen-bond donors (Lipinski definition) is 1. The third kappa shape index (κ3) is 5.25. The first kappa shape index (κ1) is 24.7. The summed E-state index contributed by atoms with van der Waals surface area (Å²) in [5.74, 6) is 0.839. The Morgan fingerprint density at radius 2 is 2.03 bits per heavy atom. The van der Waals surface area contributed by atoms with Crippen molar-refractivity contribution >= 4 is 17.5 Å². The number of anilines is 2. The highest BCUT2D eigenvalue weighted by atomic mass is 19.1. The van der Waals surface area contributed by atoms with Crippen molar-refractivity contribution in [2.75, 3.05) is 5.32 Å². The minimum Gasteiger partial charge on any atom is -0.331 e. The molecule has 0 fully saturated rings. The van der Waals surface area contributed by atoms with Gasteiger partial charge in [0.15, 0.2) is 17.5 Å². The summed E-state index contributed by atoms with van der Waals surface area (Å²) in [6.45, 7) is 5.87. The van der Waals surface area contributed by atoms with E-state index in [1.54, 1.807) is 30.1 Å². The molecule has 192 valence electrons. The lowest BCUT2D eigenvalue weighted by molar-refractivity contribution is 0.0929. The summed E-state index contributed by atoms with van der Waals surface area (Å²) in [7, 11) is 1.81. The topological polar surface area (TPSA) is 125 Å². The number of hydrogen-bond acceptors (Lipinski definition) is 9. The van der Waals surface area contributed by atoms with Crippen molar-refractivity contribution in [2.24, 2.45) is 7.05 Å². The van der Waals surface area contributed by atoms with E-state index >= 15 is 4.39 Å². The van der Waals surface area contributed by atoms with Gasteiger partial charge in [0.1, 0.15) is 12.1 Å². The summed E-state index contributed by atoms with van der Waals surface area (Å²) in [6, 6.07) is 5.36. The molecule has 1 aliphatic rings. The minimum atomic E-state index is -0.361. The van der Waals surface area contributed by atoms with E-state index in [0.717, 1.165) is 24.8 Å². The van der Waals surface area contributed by atoms with Crippen LogP contribution >= 0.6 is 0 Å². The van der Waals surface area contributed by atoms with Gasteiger partial charge in [0.2, 0.25) is 11.7 Å². The Hall–Kier alpha value is -4.02. The lowest BCUT2D eigenvalue weighted by atomic mass is 9.87. The zero-order valence-electron chi connectivity index (χ0n) is 21.3. The maximum Gasteiger partial charge on any atom is 0.294 e. The van der Waals surface area contributed by atoms with E-state index in [1.165, 1.54) is 6.33 Å². The van der Waals surface area contributed by atoms with Crippen molar-refractivity contribution in [3.63, 3.8) is 0 Å². The molecule has 3 heterocycles. The SMILES string of the molecule is Cn1ccc(Nc2ncnc(-c3ccc4c(c3F)CCCC[C@H]4CC(=O)c3nc(C(C)(C)C)no3)n2)n1. The van der Waals surface area contributed by atoms with Crippen LogP contribution in [-0.2, 0) is 18.9 Å². The van der Waals surface area contributed by atoms with Gasteiger partial charge in [-0.25, -0.2) is 14.4 Å². The van der Waals surface area contributed by atoms with Crippen LogP contribution in [0, 0.1) is 5.82 Å². The average Bonchev–Trinajstić information content (AvgIpc) is 3.46. The molecule has 37 heavy (non-hydrogen) atoms. The minimum absolute atomic E-state index is 0.00550. The van der Waals surface area contributed by atoms with E-state index in [-0.39, 0.29) is 47.0 Å². The Morgan fingerprint density at radius 3 is 2.76 bits per heavy atom. The van der Waals surface area contributed by atoms with Crippen LogP contribution < -0.4 is 5.32 Å². The van der Waals surface area contributed by atoms with Crippen molar-refractivity contribution in [1.82, 2.24) is 34.9 Å². The van der Waals surface area contributed by atoms with Crippen LogP contribution in [0.15, 0.2) is 35.2 Å². The quantitative estimate of drug-likeness (QED) is 0.288. The maximum atomic E-state index is 15.9. The Morgan fingerprint density at radius 1 is 1.19 bits per heavy atom. The van der Waals surface area contributed by atoms with Crippen LogP contribution in [-0.4, -0.2) is 40.7 Å². The molecule has 10 nitrogen and oxygen atoms in total. The number of nitrogens with zero attached hydrogens (tertiary/aromatic N) is 7. The molecule has 1 aliphatic carbocycles. The summed E-state index contributed by atoms with van der Waals surface area (Å²) in [5.41, 5.74) is 1.42. The first-order valence-corrected chi connectivity index (χ1v) is 12.3. The predicted octanol–water partition coefficient (Wildman–Crippen LogP) is 4.92. The van der Waals surface area contributed by atoms with Gasteiger partial charge in [0.05, 0.1) is 5.56 Å². The molecule has 0 aliphatic heterocycles. The molecule has 4 aromatic rings. The van der Waals surface area contributed by atoms with E-state index in [0.29, 0.717) is 29.2 Å². The second-order valence-corrected chi connectivity index (χ2v) is 10.4. The molecule has 0 spiro atoms. The van der Waals surface area contributed by atoms with Gasteiger partial charge in [-0.15, -0.1) is 0 Å². The number of aryl methyl sites for hydroxylation is 1. The molecule has 0 bridgehead atoms. The predicted molar refractivity (Wildman–Crippen MR) is 134 cm³/mol. The average molecular weight is 505 g/mol. The molecule has 0 unspecified atom stereocenters. The Bertz CT molecular complexity index is 1440. The third-order valence-corrected chi connectivity index (χ3v) is 6.48. The number of fused-ring (bicyclic) bond motifs is 1. The van der Waals surface area contributed by atoms with Crippen molar-refractivity contribution in [2.45, 2.75) is 64.2 Å². The fourth-order valence-corrected chi connectivity index (χ4v) is 4.54. The molecule has 1 N–H and O–H groups in total. The van der Waals surface area contributed by atoms with Crippen LogP contribution in [0.3, 0.4) is 0 Å². The van der Waals surface area contributed by atoms with Gasteiger partial charge in [-0.05, 0) is 42.4 Å². The highest BCUT2D eigenvalue weighted by molar-refractivity contribution is 5.92. The van der Waals surface area contributed by atoms with Crippen LogP contribution in [0.5, 0.6) is 0 Å². The van der Waals surface area contributed by atoms with Gasteiger partial charge in [0.25, 0.3) is 5.89 Å². The van der Waals surface area contributed by atoms with Crippen LogP contribution in [0.25, 0.3) is 11.4 Å². The highest BCUT2D eigenvalue weighted by Gasteiger charge is 2.29. The smallest absolute Gasteiger partial charge is 0.294 e. The van der Waals surface area contributed by atoms with E-state index in [1.807, 2.05) is 26.8 Å². The first-order chi connectivity index (χ1) is 17.7. The number of aromatic nitrogens is 7. The standard InChI is InChI=1S/C26H29FN8O2/c1-26(2,3)24-32-23(37-34-24)19(36)13-15-7-5-6-8-17-16(15)9-10-18(21(17)27)22-28-14-29-25(31-22)30-20-11-12-35(4)33-20/h9-12,14-15H,5-8,13H2,1-4H3,(H,28,29,30,31,33)/t15-/m0/s1. The third-order valence-electron chi connectivity index (χ3n) is 6.48. The number of nitrogens with one attached hydrogen (secondary N) is 1. The summed E-state index contributed by atoms with van der Waals surface area (Å²) in [4.78, 5) is 30.1. The molecule has 0 amide bonds. The zero-order chi connectivity index (χ0) is 26.2. The number of benzene rings is 1. The number of carbonyl (C=O) groups is 1. The van der Waals surface area contributed by atoms with E-state index in [4.69, 9.17) is 4.52 Å². The van der Waals surface area contributed by atoms with Gasteiger partial charge in [-0.1, -0.05) is 38.4 Å². The molecular weight excluding hydrogens is 475 g/mol. The Balaban J connectivity index is 1.41. The van der Waals surface area contributed by atoms with E-state index in [2.05, 4.69) is 35.5 Å². The summed E-state index contributed by atoms with van der Waals surface area (Å²) >= 11 is 0. The zero-order valence-corrected chi connectivity index (χ0v) is 21.3. The van der Waals surface area contributed by atoms with Crippen molar-refractivity contribution in [3.8, 4) is 11.4 Å². The van der Waals surface area contributed by atoms with Crippen molar-refractivity contribution < 1.29 is 13.7 Å². The maximum absolute atomic E-state index is 15.9. The number of halogens is 1. The lowest BCUT2D eigenvalue weighted by Crippen LogP contribution is -2.14. The first-order valence-electron chi connectivity index (χ1n) is 12.3. The fourth-order valence-electron chi connectivity index (χ4n) is 4.54. The summed E-state index contributed by atoms with van der Waals surface area (Å²) in [5, 5.41) is 11.2. The second-order valence-electron chi connectivity index (χ2n) is 10.4. The number of Topliss-reactive ketones (excluding diaryl/α,β-unsaturated/α-hetero) is 1. The van der Waals surface area contributed by atoms with Crippen LogP contribution in [0.1, 0.15) is 80.0 Å². The lowest BCUT2D eigenvalue weighted by Gasteiger charge is -2.18. The molecule has 0 radical (unpaired) electrons. The molecular formula is C26H29FN8O2. The molecule has 1 atom stereocenters. The van der Waals surface area contributed by atoms with Gasteiger partial charge >= 0.3 is 0 Å². The normalized spacial score (nSPS) is 15.8. The van der Waals surface area contributed by atoms with Crippen LogP contribution in [0.4, 0.5) is 16.2 Å². The van der Waals surface area contributed by atoms with Gasteiger partial charge in [-0.3, -0.25) is 9.48 Å². The molecule has 11 heteroatoms. The Kier molecular flexibility index (Phi) is 6.53. The molecule has 3 aromatic heterocycles. The number of rotatable bonds is 6. The molecule has 1 aromatic carbocycles. The molecule has 0 saturated carbocycles. The Labute approximate surface area is 213 Å². The largest absolute Gasteiger partial charge is 0.331 e. The fraction of sp³-hybridized carbons (Fsp3) is 0.423. The van der Waals surface area contributed by atoms with Crippen molar-refractivity contribution in [3.05, 3.63) is 59.4 Å². The van der Waals surface area contributed by atoms with Crippen molar-refractivity contribution in [1.29, 1.82) is 0 Å². The van der Waals surface area contributed by atoms with Crippen LogP contribution in [0.2, 0.25) is 0 Å². The second kappa shape index (κ2) is 9.79. The molecule has 0 saturated heterocycles. The van der Waals surface area contributed by atoms with Gasteiger partial charge in [0, 0.05) is 31.1 Å². The van der Waals surface area contributed by atoms with E-state index < -0.39 is 0 Å². The molecule has 5 rings (SSSR count).